The number of hydrogen-bond acceptors (Lipinski definition) is 3. The van der Waals surface area contributed by atoms with E-state index < -0.39 is 0 Å². The molecule has 1 aromatic rings. The minimum absolute atomic E-state index is 0.138. The lowest BCUT2D eigenvalue weighted by atomic mass is 10.5. The molecule has 1 N–H and O–H groups in total. The molecule has 0 aliphatic heterocycles. The molecule has 0 bridgehead atoms. The number of aromatic nitrogens is 1. The molecule has 0 radical (unpaired) electrons. The highest BCUT2D eigenvalue weighted by atomic mass is 79.9. The van der Waals surface area contributed by atoms with Gasteiger partial charge in [-0.25, -0.2) is 4.98 Å². The van der Waals surface area contributed by atoms with Crippen molar-refractivity contribution in [2.45, 2.75) is 5.03 Å². The van der Waals surface area contributed by atoms with Gasteiger partial charge in [0.1, 0.15) is 5.03 Å². The van der Waals surface area contributed by atoms with Crippen molar-refractivity contribution in [3.05, 3.63) is 21.8 Å². The molecule has 2 nitrogen and oxygen atoms in total. The summed E-state index contributed by atoms with van der Waals surface area (Å²) >= 11 is 10.6. The molecule has 1 rings (SSSR count). The van der Waals surface area contributed by atoms with E-state index in [-0.39, 0.29) is 6.61 Å². The van der Waals surface area contributed by atoms with Crippen LogP contribution in [0.3, 0.4) is 0 Å². The monoisotopic (exact) mass is 267 g/mol. The van der Waals surface area contributed by atoms with Crippen molar-refractivity contribution in [1.82, 2.24) is 4.98 Å². The van der Waals surface area contributed by atoms with Gasteiger partial charge in [0.15, 0.2) is 0 Å². The molecule has 0 saturated heterocycles. The van der Waals surface area contributed by atoms with Gasteiger partial charge < -0.3 is 5.11 Å². The molecule has 0 spiro atoms. The largest absolute Gasteiger partial charge is 0.396 e. The van der Waals surface area contributed by atoms with Gasteiger partial charge in [0, 0.05) is 16.4 Å². The number of thioether (sulfide) groups is 1. The molecule has 0 unspecified atom stereocenters. The number of nitrogens with zero attached hydrogens (tertiary/aromatic N) is 1. The minimum Gasteiger partial charge on any atom is -0.396 e. The lowest BCUT2D eigenvalue weighted by molar-refractivity contribution is 0.322. The predicted molar refractivity (Wildman–Crippen MR) is 54.8 cm³/mol. The van der Waals surface area contributed by atoms with Gasteiger partial charge in [-0.1, -0.05) is 11.6 Å². The van der Waals surface area contributed by atoms with E-state index in [2.05, 4.69) is 20.9 Å². The number of aliphatic hydroxyl groups is 1. The molecule has 0 atom stereocenters. The summed E-state index contributed by atoms with van der Waals surface area (Å²) < 4.78 is 0.862. The van der Waals surface area contributed by atoms with Crippen LogP contribution in [0.25, 0.3) is 0 Å². The minimum atomic E-state index is 0.138. The molecule has 0 aliphatic rings. The van der Waals surface area contributed by atoms with E-state index in [0.717, 1.165) is 9.50 Å². The van der Waals surface area contributed by atoms with Gasteiger partial charge in [-0.3, -0.25) is 0 Å². The molecule has 66 valence electrons. The van der Waals surface area contributed by atoms with Crippen LogP contribution in [0.5, 0.6) is 0 Å². The van der Waals surface area contributed by atoms with Crippen LogP contribution in [0.1, 0.15) is 0 Å². The van der Waals surface area contributed by atoms with E-state index in [1.807, 2.05) is 0 Å². The van der Waals surface area contributed by atoms with Crippen molar-refractivity contribution in [2.24, 2.45) is 0 Å². The maximum absolute atomic E-state index is 8.57. The Bertz CT molecular complexity index is 272. The zero-order valence-electron chi connectivity index (χ0n) is 6.13. The summed E-state index contributed by atoms with van der Waals surface area (Å²) in [4.78, 5) is 4.09. The first kappa shape index (κ1) is 10.3. The number of rotatable bonds is 3. The zero-order valence-corrected chi connectivity index (χ0v) is 9.29. The summed E-state index contributed by atoms with van der Waals surface area (Å²) in [6, 6.07) is 1.79. The first-order valence-electron chi connectivity index (χ1n) is 3.28. The molecule has 1 aromatic heterocycles. The van der Waals surface area contributed by atoms with Crippen molar-refractivity contribution in [3.63, 3.8) is 0 Å². The Hall–Kier alpha value is 0.230. The summed E-state index contributed by atoms with van der Waals surface area (Å²) in [5, 5.41) is 9.94. The quantitative estimate of drug-likeness (QED) is 0.856. The highest BCUT2D eigenvalue weighted by Gasteiger charge is 2.02. The maximum Gasteiger partial charge on any atom is 0.115 e. The number of pyridine rings is 1. The maximum atomic E-state index is 8.57. The van der Waals surface area contributed by atoms with Crippen molar-refractivity contribution in [3.8, 4) is 0 Å². The van der Waals surface area contributed by atoms with E-state index in [9.17, 15) is 0 Å². The SMILES string of the molecule is OCCSc1ncc(Br)cc1Cl. The third kappa shape index (κ3) is 2.94. The molecule has 0 saturated carbocycles. The van der Waals surface area contributed by atoms with Crippen LogP contribution in [0.15, 0.2) is 21.8 Å². The first-order valence-corrected chi connectivity index (χ1v) is 5.44. The second-order valence-electron chi connectivity index (χ2n) is 2.01. The van der Waals surface area contributed by atoms with Crippen LogP contribution >= 0.6 is 39.3 Å². The third-order valence-electron chi connectivity index (χ3n) is 1.10. The fourth-order valence-electron chi connectivity index (χ4n) is 0.651. The van der Waals surface area contributed by atoms with Gasteiger partial charge in [-0.15, -0.1) is 11.8 Å². The summed E-state index contributed by atoms with van der Waals surface area (Å²) in [5.74, 6) is 0.619. The lowest BCUT2D eigenvalue weighted by Crippen LogP contribution is -1.88. The Morgan fingerprint density at radius 2 is 2.42 bits per heavy atom. The van der Waals surface area contributed by atoms with Crippen LogP contribution in [0, 0.1) is 0 Å². The van der Waals surface area contributed by atoms with Gasteiger partial charge in [-0.05, 0) is 22.0 Å². The van der Waals surface area contributed by atoms with Crippen LogP contribution in [0.2, 0.25) is 5.02 Å². The molecule has 5 heteroatoms. The topological polar surface area (TPSA) is 33.1 Å². The Balaban J connectivity index is 2.72. The second kappa shape index (κ2) is 5.07. The van der Waals surface area contributed by atoms with Crippen LogP contribution in [0.4, 0.5) is 0 Å². The molecule has 0 amide bonds. The highest BCUT2D eigenvalue weighted by molar-refractivity contribution is 9.10. The number of halogens is 2. The molecule has 0 aromatic carbocycles. The van der Waals surface area contributed by atoms with Crippen molar-refractivity contribution in [2.75, 3.05) is 12.4 Å². The van der Waals surface area contributed by atoms with E-state index in [0.29, 0.717) is 10.8 Å². The summed E-state index contributed by atoms with van der Waals surface area (Å²) in [6.45, 7) is 0.138. The molecule has 12 heavy (non-hydrogen) atoms. The van der Waals surface area contributed by atoms with E-state index in [1.54, 1.807) is 12.3 Å². The predicted octanol–water partition coefficient (Wildman–Crippen LogP) is 2.58. The smallest absolute Gasteiger partial charge is 0.115 e. The molecular formula is C7H7BrClNOS. The summed E-state index contributed by atoms with van der Waals surface area (Å²) in [6.07, 6.45) is 1.69. The first-order chi connectivity index (χ1) is 5.74. The fourth-order valence-corrected chi connectivity index (χ4v) is 2.05. The summed E-state index contributed by atoms with van der Waals surface area (Å²) in [5.41, 5.74) is 0. The Morgan fingerprint density at radius 1 is 1.67 bits per heavy atom. The van der Waals surface area contributed by atoms with Gasteiger partial charge in [0.2, 0.25) is 0 Å². The van der Waals surface area contributed by atoms with Gasteiger partial charge in [0.25, 0.3) is 0 Å². The Morgan fingerprint density at radius 3 is 3.00 bits per heavy atom. The molecule has 0 fully saturated rings. The zero-order chi connectivity index (χ0) is 8.97. The van der Waals surface area contributed by atoms with Gasteiger partial charge in [0.05, 0.1) is 11.6 Å². The molecular weight excluding hydrogens is 262 g/mol. The van der Waals surface area contributed by atoms with Crippen LogP contribution < -0.4 is 0 Å². The van der Waals surface area contributed by atoms with Gasteiger partial charge >= 0.3 is 0 Å². The lowest BCUT2D eigenvalue weighted by Gasteiger charge is -2.00. The van der Waals surface area contributed by atoms with E-state index in [4.69, 9.17) is 16.7 Å². The standard InChI is InChI=1S/C7H7BrClNOS/c8-5-3-6(9)7(10-4-5)12-2-1-11/h3-4,11H,1-2H2. The van der Waals surface area contributed by atoms with E-state index in [1.165, 1.54) is 11.8 Å². The van der Waals surface area contributed by atoms with E-state index >= 15 is 0 Å². The number of aliphatic hydroxyl groups excluding tert-OH is 1. The van der Waals surface area contributed by atoms with Gasteiger partial charge in [-0.2, -0.15) is 0 Å². The molecule has 0 aliphatic carbocycles. The van der Waals surface area contributed by atoms with Crippen LogP contribution in [-0.2, 0) is 0 Å². The van der Waals surface area contributed by atoms with Crippen molar-refractivity contribution in [1.29, 1.82) is 0 Å². The number of hydrogen-bond donors (Lipinski definition) is 1. The average molecular weight is 269 g/mol. The van der Waals surface area contributed by atoms with Crippen molar-refractivity contribution < 1.29 is 5.11 Å². The second-order valence-corrected chi connectivity index (χ2v) is 4.42. The third-order valence-corrected chi connectivity index (χ3v) is 2.92. The highest BCUT2D eigenvalue weighted by Crippen LogP contribution is 2.26. The van der Waals surface area contributed by atoms with Crippen LogP contribution in [-0.4, -0.2) is 22.5 Å². The van der Waals surface area contributed by atoms with Crippen molar-refractivity contribution >= 4 is 39.3 Å². The Labute approximate surface area is 88.5 Å². The fraction of sp³-hybridized carbons (Fsp3) is 0.286. The summed E-state index contributed by atoms with van der Waals surface area (Å²) in [7, 11) is 0. The molecule has 1 heterocycles. The average Bonchev–Trinajstić information content (AvgIpc) is 2.03. The normalized spacial score (nSPS) is 10.2. The Kier molecular flexibility index (Phi) is 4.35.